The first-order valence-corrected chi connectivity index (χ1v) is 11.1. The molecule has 0 spiro atoms. The van der Waals surface area contributed by atoms with Crippen molar-refractivity contribution in [1.29, 1.82) is 0 Å². The second kappa shape index (κ2) is 9.06. The summed E-state index contributed by atoms with van der Waals surface area (Å²) in [7, 11) is 0. The third-order valence-corrected chi connectivity index (χ3v) is 6.22. The molecular weight excluding hydrogens is 390 g/mol. The van der Waals surface area contributed by atoms with E-state index in [1.807, 2.05) is 66.8 Å². The molecule has 2 aromatic rings. The summed E-state index contributed by atoms with van der Waals surface area (Å²) in [6.07, 6.45) is 5.70. The van der Waals surface area contributed by atoms with Crippen molar-refractivity contribution in [2.45, 2.75) is 45.7 Å². The lowest BCUT2D eigenvalue weighted by Crippen LogP contribution is -2.55. The monoisotopic (exact) mass is 421 g/mol. The van der Waals surface area contributed by atoms with E-state index in [0.29, 0.717) is 32.2 Å². The van der Waals surface area contributed by atoms with E-state index in [9.17, 15) is 9.59 Å². The molecule has 7 heteroatoms. The van der Waals surface area contributed by atoms with Gasteiger partial charge in [0.2, 0.25) is 11.8 Å². The summed E-state index contributed by atoms with van der Waals surface area (Å²) in [5.41, 5.74) is 3.88. The molecule has 1 aromatic heterocycles. The van der Waals surface area contributed by atoms with Crippen LogP contribution in [0.25, 0.3) is 11.8 Å². The zero-order valence-corrected chi connectivity index (χ0v) is 18.5. The highest BCUT2D eigenvalue weighted by Gasteiger charge is 2.30. The number of amides is 2. The largest absolute Gasteiger partial charge is 0.352 e. The third-order valence-electron chi connectivity index (χ3n) is 6.22. The Morgan fingerprint density at radius 3 is 2.42 bits per heavy atom. The molecule has 1 aliphatic carbocycles. The van der Waals surface area contributed by atoms with Crippen LogP contribution >= 0.6 is 0 Å². The Morgan fingerprint density at radius 2 is 1.77 bits per heavy atom. The minimum atomic E-state index is -0.150. The smallest absolute Gasteiger partial charge is 0.246 e. The van der Waals surface area contributed by atoms with Crippen LogP contribution in [0.5, 0.6) is 0 Å². The molecular formula is C24H31N5O2. The number of carbonyl (C=O) groups is 2. The first-order chi connectivity index (χ1) is 14.9. The quantitative estimate of drug-likeness (QED) is 0.727. The topological polar surface area (TPSA) is 70.5 Å². The highest BCUT2D eigenvalue weighted by Crippen LogP contribution is 2.20. The van der Waals surface area contributed by atoms with Crippen molar-refractivity contribution < 1.29 is 9.59 Å². The fourth-order valence-corrected chi connectivity index (χ4v) is 4.02. The van der Waals surface area contributed by atoms with Crippen LogP contribution in [0.15, 0.2) is 36.4 Å². The zero-order chi connectivity index (χ0) is 22.0. The maximum absolute atomic E-state index is 12.7. The maximum Gasteiger partial charge on any atom is 0.246 e. The summed E-state index contributed by atoms with van der Waals surface area (Å²) < 4.78 is 1.91. The first kappa shape index (κ1) is 21.3. The Kier molecular flexibility index (Phi) is 6.23. The molecule has 7 nitrogen and oxygen atoms in total. The molecule has 164 valence electrons. The summed E-state index contributed by atoms with van der Waals surface area (Å²) in [5, 5.41) is 7.70. The molecule has 1 saturated heterocycles. The third kappa shape index (κ3) is 4.88. The Balaban J connectivity index is 1.35. The van der Waals surface area contributed by atoms with Gasteiger partial charge in [-0.15, -0.1) is 0 Å². The number of para-hydroxylation sites is 1. The molecule has 1 saturated carbocycles. The fourth-order valence-electron chi connectivity index (χ4n) is 4.02. The second-order valence-corrected chi connectivity index (χ2v) is 8.49. The lowest BCUT2D eigenvalue weighted by molar-refractivity contribution is -0.130. The lowest BCUT2D eigenvalue weighted by atomic mass is 10.1. The summed E-state index contributed by atoms with van der Waals surface area (Å²) >= 11 is 0. The highest BCUT2D eigenvalue weighted by molar-refractivity contribution is 5.92. The van der Waals surface area contributed by atoms with E-state index in [2.05, 4.69) is 15.3 Å². The van der Waals surface area contributed by atoms with E-state index >= 15 is 0 Å². The van der Waals surface area contributed by atoms with Gasteiger partial charge in [-0.3, -0.25) is 14.5 Å². The van der Waals surface area contributed by atoms with Gasteiger partial charge in [-0.1, -0.05) is 18.2 Å². The predicted molar refractivity (Wildman–Crippen MR) is 121 cm³/mol. The summed E-state index contributed by atoms with van der Waals surface area (Å²) in [6.45, 7) is 8.61. The number of hydrogen-bond donors (Lipinski definition) is 1. The zero-order valence-electron chi connectivity index (χ0n) is 18.5. The molecule has 2 amide bonds. The van der Waals surface area contributed by atoms with Crippen LogP contribution in [-0.4, -0.2) is 69.7 Å². The van der Waals surface area contributed by atoms with Crippen LogP contribution in [0.2, 0.25) is 0 Å². The summed E-state index contributed by atoms with van der Waals surface area (Å²) in [5.74, 6) is 0.101. The number of carbonyl (C=O) groups excluding carboxylic acids is 2. The molecule has 0 bridgehead atoms. The summed E-state index contributed by atoms with van der Waals surface area (Å²) in [6, 6.07) is 10.2. The van der Waals surface area contributed by atoms with Crippen molar-refractivity contribution in [3.63, 3.8) is 0 Å². The Labute approximate surface area is 183 Å². The molecule has 1 N–H and O–H groups in total. The van der Waals surface area contributed by atoms with Gasteiger partial charge >= 0.3 is 0 Å². The van der Waals surface area contributed by atoms with Crippen molar-refractivity contribution in [3.8, 4) is 5.69 Å². The lowest BCUT2D eigenvalue weighted by Gasteiger charge is -2.37. The van der Waals surface area contributed by atoms with Crippen molar-refractivity contribution in [1.82, 2.24) is 24.9 Å². The molecule has 2 heterocycles. The number of rotatable bonds is 6. The molecule has 1 unspecified atom stereocenters. The number of nitrogens with zero attached hydrogens (tertiary/aromatic N) is 4. The Hall–Kier alpha value is -2.93. The molecule has 1 atom stereocenters. The number of hydrogen-bond acceptors (Lipinski definition) is 4. The minimum Gasteiger partial charge on any atom is -0.352 e. The van der Waals surface area contributed by atoms with Crippen molar-refractivity contribution in [3.05, 3.63) is 53.4 Å². The fraction of sp³-hybridized carbons (Fsp3) is 0.458. The molecule has 31 heavy (non-hydrogen) atoms. The molecule has 1 aromatic carbocycles. The molecule has 4 rings (SSSR count). The number of aryl methyl sites for hydroxylation is 1. The van der Waals surface area contributed by atoms with Crippen molar-refractivity contribution in [2.24, 2.45) is 0 Å². The number of benzene rings is 1. The number of nitrogens with one attached hydrogen (secondary N) is 1. The van der Waals surface area contributed by atoms with Crippen LogP contribution in [0.1, 0.15) is 36.7 Å². The van der Waals surface area contributed by atoms with Gasteiger partial charge in [0.15, 0.2) is 0 Å². The van der Waals surface area contributed by atoms with Crippen LogP contribution in [0, 0.1) is 13.8 Å². The molecule has 2 fully saturated rings. The van der Waals surface area contributed by atoms with Crippen LogP contribution in [0.4, 0.5) is 0 Å². The minimum absolute atomic E-state index is 0.000922. The van der Waals surface area contributed by atoms with E-state index in [1.165, 1.54) is 0 Å². The maximum atomic E-state index is 12.7. The second-order valence-electron chi connectivity index (χ2n) is 8.49. The van der Waals surface area contributed by atoms with Crippen LogP contribution < -0.4 is 5.32 Å². The molecule has 2 aliphatic rings. The summed E-state index contributed by atoms with van der Waals surface area (Å²) in [4.78, 5) is 29.0. The standard InChI is InChI=1S/C24H31N5O2/c1-17-22(18(2)29(26-17)21-7-5-4-6-8-21)11-12-23(30)28-15-13-27(14-16-28)19(3)24(31)25-20-9-10-20/h4-8,11-12,19-20H,9-10,13-16H2,1-3H3,(H,25,31)/b12-11+. The first-order valence-electron chi connectivity index (χ1n) is 11.1. The normalized spacial score (nSPS) is 18.4. The van der Waals surface area contributed by atoms with Gasteiger partial charge in [0.1, 0.15) is 0 Å². The highest BCUT2D eigenvalue weighted by atomic mass is 16.2. The molecule has 0 radical (unpaired) electrons. The van der Waals surface area contributed by atoms with Crippen molar-refractivity contribution >= 4 is 17.9 Å². The average Bonchev–Trinajstić information content (AvgIpc) is 3.56. The Bertz CT molecular complexity index is 969. The average molecular weight is 422 g/mol. The SMILES string of the molecule is Cc1nn(-c2ccccc2)c(C)c1/C=C/C(=O)N1CCN(C(C)C(=O)NC2CC2)CC1. The van der Waals surface area contributed by atoms with E-state index in [-0.39, 0.29) is 17.9 Å². The van der Waals surface area contributed by atoms with Gasteiger partial charge in [0, 0.05) is 49.6 Å². The van der Waals surface area contributed by atoms with Crippen LogP contribution in [-0.2, 0) is 9.59 Å². The van der Waals surface area contributed by atoms with Gasteiger partial charge in [0.25, 0.3) is 0 Å². The van der Waals surface area contributed by atoms with E-state index in [1.54, 1.807) is 6.08 Å². The number of aromatic nitrogens is 2. The van der Waals surface area contributed by atoms with Gasteiger partial charge in [-0.05, 0) is 51.8 Å². The van der Waals surface area contributed by atoms with E-state index < -0.39 is 0 Å². The van der Waals surface area contributed by atoms with Gasteiger partial charge in [-0.2, -0.15) is 5.10 Å². The van der Waals surface area contributed by atoms with E-state index in [0.717, 1.165) is 35.5 Å². The van der Waals surface area contributed by atoms with Gasteiger partial charge in [0.05, 0.1) is 17.4 Å². The molecule has 1 aliphatic heterocycles. The van der Waals surface area contributed by atoms with E-state index in [4.69, 9.17) is 0 Å². The predicted octanol–water partition coefficient (Wildman–Crippen LogP) is 2.31. The van der Waals surface area contributed by atoms with Crippen molar-refractivity contribution in [2.75, 3.05) is 26.2 Å². The number of piperazine rings is 1. The van der Waals surface area contributed by atoms with Crippen LogP contribution in [0.3, 0.4) is 0 Å². The van der Waals surface area contributed by atoms with Gasteiger partial charge in [-0.25, -0.2) is 4.68 Å². The van der Waals surface area contributed by atoms with Gasteiger partial charge < -0.3 is 10.2 Å². The Morgan fingerprint density at radius 1 is 1.10 bits per heavy atom.